The van der Waals surface area contributed by atoms with Gasteiger partial charge >= 0.3 is 6.18 Å². The second kappa shape index (κ2) is 10.4. The van der Waals surface area contributed by atoms with Gasteiger partial charge in [0.05, 0.1) is 12.7 Å². The Hall–Kier alpha value is -3.49. The fourth-order valence-corrected chi connectivity index (χ4v) is 2.80. The van der Waals surface area contributed by atoms with Crippen LogP contribution < -0.4 is 20.1 Å². The second-order valence-electron chi connectivity index (χ2n) is 8.12. The van der Waals surface area contributed by atoms with E-state index >= 15 is 0 Å². The van der Waals surface area contributed by atoms with Crippen molar-refractivity contribution in [3.05, 3.63) is 60.3 Å². The molecule has 0 atom stereocenters. The molecule has 2 N–H and O–H groups in total. The third-order valence-electron chi connectivity index (χ3n) is 4.28. The Balaban J connectivity index is 1.79. The molecule has 1 aromatic heterocycles. The summed E-state index contributed by atoms with van der Waals surface area (Å²) in [6, 6.07) is 13.7. The van der Waals surface area contributed by atoms with E-state index in [4.69, 9.17) is 9.47 Å². The lowest BCUT2D eigenvalue weighted by Crippen LogP contribution is -2.12. The molecule has 0 radical (unpaired) electrons. The molecule has 0 aliphatic heterocycles. The van der Waals surface area contributed by atoms with Gasteiger partial charge in [-0.1, -0.05) is 13.8 Å². The van der Waals surface area contributed by atoms with E-state index in [2.05, 4.69) is 20.6 Å². The Bertz CT molecular complexity index is 1040. The summed E-state index contributed by atoms with van der Waals surface area (Å²) in [5, 5.41) is 5.66. The van der Waals surface area contributed by atoms with Crippen LogP contribution >= 0.6 is 0 Å². The van der Waals surface area contributed by atoms with Crippen molar-refractivity contribution in [2.75, 3.05) is 17.2 Å². The summed E-state index contributed by atoms with van der Waals surface area (Å²) >= 11 is 0. The van der Waals surface area contributed by atoms with Crippen molar-refractivity contribution in [3.63, 3.8) is 0 Å². The van der Waals surface area contributed by atoms with E-state index in [9.17, 15) is 13.2 Å². The molecule has 9 heteroatoms. The van der Waals surface area contributed by atoms with Crippen LogP contribution in [-0.2, 0) is 6.18 Å². The molecular formula is C24H27F3N4O2. The van der Waals surface area contributed by atoms with Crippen LogP contribution in [0.2, 0.25) is 0 Å². The summed E-state index contributed by atoms with van der Waals surface area (Å²) < 4.78 is 51.8. The zero-order valence-electron chi connectivity index (χ0n) is 18.9. The molecule has 0 saturated heterocycles. The van der Waals surface area contributed by atoms with E-state index in [1.54, 1.807) is 48.5 Å². The number of nitrogens with zero attached hydrogens (tertiary/aromatic N) is 2. The Kier molecular flexibility index (Phi) is 7.63. The van der Waals surface area contributed by atoms with Gasteiger partial charge in [-0.3, -0.25) is 0 Å². The number of hydrogen-bond acceptors (Lipinski definition) is 6. The SMILES string of the molecule is CC(C)COc1ccc(Nc2nc(Nc3ccc(OC(C)C)cc3)ncc2C(F)(F)F)cc1. The van der Waals surface area contributed by atoms with E-state index in [1.165, 1.54) is 0 Å². The maximum Gasteiger partial charge on any atom is 0.421 e. The number of anilines is 4. The average Bonchev–Trinajstić information content (AvgIpc) is 2.73. The van der Waals surface area contributed by atoms with Gasteiger partial charge < -0.3 is 20.1 Å². The van der Waals surface area contributed by atoms with Crippen LogP contribution in [0.25, 0.3) is 0 Å². The molecule has 33 heavy (non-hydrogen) atoms. The summed E-state index contributed by atoms with van der Waals surface area (Å²) in [7, 11) is 0. The highest BCUT2D eigenvalue weighted by Crippen LogP contribution is 2.35. The van der Waals surface area contributed by atoms with Crippen molar-refractivity contribution in [3.8, 4) is 11.5 Å². The minimum atomic E-state index is -4.61. The van der Waals surface area contributed by atoms with Gasteiger partial charge in [0.2, 0.25) is 5.95 Å². The maximum absolute atomic E-state index is 13.5. The lowest BCUT2D eigenvalue weighted by Gasteiger charge is -2.15. The number of aromatic nitrogens is 2. The maximum atomic E-state index is 13.5. The van der Waals surface area contributed by atoms with Crippen molar-refractivity contribution in [2.24, 2.45) is 5.92 Å². The van der Waals surface area contributed by atoms with Crippen molar-refractivity contribution >= 4 is 23.1 Å². The highest BCUT2D eigenvalue weighted by Gasteiger charge is 2.35. The number of benzene rings is 2. The quantitative estimate of drug-likeness (QED) is 0.366. The Morgan fingerprint density at radius 1 is 0.848 bits per heavy atom. The molecule has 0 saturated carbocycles. The van der Waals surface area contributed by atoms with E-state index < -0.39 is 11.7 Å². The number of rotatable bonds is 9. The van der Waals surface area contributed by atoms with Crippen LogP contribution in [-0.4, -0.2) is 22.7 Å². The molecule has 0 amide bonds. The Labute approximate surface area is 191 Å². The smallest absolute Gasteiger partial charge is 0.421 e. The first-order valence-electron chi connectivity index (χ1n) is 10.6. The summed E-state index contributed by atoms with van der Waals surface area (Å²) in [5.41, 5.74) is 0.0922. The van der Waals surface area contributed by atoms with Crippen molar-refractivity contribution in [1.82, 2.24) is 9.97 Å². The van der Waals surface area contributed by atoms with Gasteiger partial charge in [0, 0.05) is 17.6 Å². The molecule has 1 heterocycles. The second-order valence-corrected chi connectivity index (χ2v) is 8.12. The zero-order valence-corrected chi connectivity index (χ0v) is 18.9. The first-order chi connectivity index (χ1) is 15.6. The highest BCUT2D eigenvalue weighted by atomic mass is 19.4. The van der Waals surface area contributed by atoms with Gasteiger partial charge in [-0.25, -0.2) is 4.98 Å². The van der Waals surface area contributed by atoms with Crippen molar-refractivity contribution < 1.29 is 22.6 Å². The third-order valence-corrected chi connectivity index (χ3v) is 4.28. The lowest BCUT2D eigenvalue weighted by atomic mass is 10.2. The van der Waals surface area contributed by atoms with Gasteiger partial charge in [-0.2, -0.15) is 18.2 Å². The fraction of sp³-hybridized carbons (Fsp3) is 0.333. The topological polar surface area (TPSA) is 68.3 Å². The van der Waals surface area contributed by atoms with Crippen molar-refractivity contribution in [2.45, 2.75) is 40.0 Å². The summed E-state index contributed by atoms with van der Waals surface area (Å²) in [6.45, 7) is 8.45. The minimum Gasteiger partial charge on any atom is -0.493 e. The van der Waals surface area contributed by atoms with E-state index in [-0.39, 0.29) is 17.9 Å². The summed E-state index contributed by atoms with van der Waals surface area (Å²) in [6.07, 6.45) is -3.82. The van der Waals surface area contributed by atoms with Crippen LogP contribution in [0.3, 0.4) is 0 Å². The van der Waals surface area contributed by atoms with Gasteiger partial charge in [-0.15, -0.1) is 0 Å². The molecular weight excluding hydrogens is 433 g/mol. The number of hydrogen-bond donors (Lipinski definition) is 2. The van der Waals surface area contributed by atoms with Gasteiger partial charge in [0.1, 0.15) is 22.9 Å². The first kappa shape index (κ1) is 24.2. The first-order valence-corrected chi connectivity index (χ1v) is 10.6. The molecule has 0 bridgehead atoms. The number of ether oxygens (including phenoxy) is 2. The van der Waals surface area contributed by atoms with Gasteiger partial charge in [-0.05, 0) is 68.3 Å². The van der Waals surface area contributed by atoms with Crippen LogP contribution in [0.1, 0.15) is 33.3 Å². The van der Waals surface area contributed by atoms with Crippen LogP contribution in [0.5, 0.6) is 11.5 Å². The molecule has 0 aliphatic carbocycles. The number of nitrogens with one attached hydrogen (secondary N) is 2. The highest BCUT2D eigenvalue weighted by molar-refractivity contribution is 5.63. The molecule has 0 spiro atoms. The molecule has 3 rings (SSSR count). The molecule has 0 fully saturated rings. The standard InChI is InChI=1S/C24H27F3N4O2/c1-15(2)14-32-19-9-5-17(6-10-19)29-22-21(24(25,26)27)13-28-23(31-22)30-18-7-11-20(12-8-18)33-16(3)4/h5-13,15-16H,14H2,1-4H3,(H2,28,29,30,31). The molecule has 3 aromatic rings. The van der Waals surface area contributed by atoms with Crippen LogP contribution in [0.15, 0.2) is 54.7 Å². The monoisotopic (exact) mass is 460 g/mol. The van der Waals surface area contributed by atoms with E-state index in [0.717, 1.165) is 6.20 Å². The predicted molar refractivity (Wildman–Crippen MR) is 123 cm³/mol. The third kappa shape index (κ3) is 7.27. The Morgan fingerprint density at radius 2 is 1.42 bits per heavy atom. The summed E-state index contributed by atoms with van der Waals surface area (Å²) in [5.74, 6) is 1.37. The van der Waals surface area contributed by atoms with Gasteiger partial charge in [0.25, 0.3) is 0 Å². The number of halogens is 3. The summed E-state index contributed by atoms with van der Waals surface area (Å²) in [4.78, 5) is 7.90. The normalized spacial score (nSPS) is 11.5. The number of alkyl halides is 3. The average molecular weight is 461 g/mol. The van der Waals surface area contributed by atoms with Gasteiger partial charge in [0.15, 0.2) is 0 Å². The van der Waals surface area contributed by atoms with Crippen molar-refractivity contribution in [1.29, 1.82) is 0 Å². The van der Waals surface area contributed by atoms with E-state index in [0.29, 0.717) is 35.4 Å². The molecule has 6 nitrogen and oxygen atoms in total. The Morgan fingerprint density at radius 3 is 1.97 bits per heavy atom. The van der Waals surface area contributed by atoms with Crippen LogP contribution in [0.4, 0.5) is 36.3 Å². The molecule has 0 aliphatic rings. The molecule has 176 valence electrons. The minimum absolute atomic E-state index is 0.0277. The zero-order chi connectivity index (χ0) is 24.0. The van der Waals surface area contributed by atoms with E-state index in [1.807, 2.05) is 27.7 Å². The molecule has 2 aromatic carbocycles. The fourth-order valence-electron chi connectivity index (χ4n) is 2.80. The molecule has 0 unspecified atom stereocenters. The lowest BCUT2D eigenvalue weighted by molar-refractivity contribution is -0.137. The van der Waals surface area contributed by atoms with Crippen LogP contribution in [0, 0.1) is 5.92 Å². The largest absolute Gasteiger partial charge is 0.493 e. The predicted octanol–water partition coefficient (Wildman–Crippen LogP) is 6.80.